The molecule has 2 aromatic heterocycles. The molecular weight excluding hydrogens is 300 g/mol. The van der Waals surface area contributed by atoms with E-state index in [1.807, 2.05) is 17.8 Å². The highest BCUT2D eigenvalue weighted by Crippen LogP contribution is 2.22. The molecule has 3 aromatic rings. The number of benzene rings is 1. The summed E-state index contributed by atoms with van der Waals surface area (Å²) in [6.45, 7) is 5.73. The van der Waals surface area contributed by atoms with E-state index < -0.39 is 0 Å². The third-order valence-corrected chi connectivity index (χ3v) is 4.60. The lowest BCUT2D eigenvalue weighted by molar-refractivity contribution is 0.358. The molecule has 0 bridgehead atoms. The molecule has 24 heavy (non-hydrogen) atoms. The predicted octanol–water partition coefficient (Wildman–Crippen LogP) is 2.39. The van der Waals surface area contributed by atoms with Gasteiger partial charge in [0.1, 0.15) is 11.6 Å². The second-order valence-electron chi connectivity index (χ2n) is 6.51. The largest absolute Gasteiger partial charge is 0.308 e. The molecule has 2 N–H and O–H groups in total. The van der Waals surface area contributed by atoms with Crippen molar-refractivity contribution in [3.05, 3.63) is 53.2 Å². The van der Waals surface area contributed by atoms with Gasteiger partial charge in [0, 0.05) is 24.6 Å². The Hall–Kier alpha value is -2.47. The fraction of sp³-hybridized carbons (Fsp3) is 0.389. The molecular formula is C18H22N6. The van der Waals surface area contributed by atoms with Crippen molar-refractivity contribution in [1.29, 1.82) is 0 Å². The zero-order valence-electron chi connectivity index (χ0n) is 14.1. The second kappa shape index (κ2) is 6.20. The standard InChI is InChI=1S/C18H22N6/c1-12-3-5-14(6-4-12)18-15(10-20-22-18)9-19-16-7-8-17-21-13(2)23-24(17)11-16/h3-6,10,16,19H,7-9,11H2,1-2H3,(H,20,22). The molecule has 0 radical (unpaired) electrons. The maximum absolute atomic E-state index is 4.47. The molecule has 6 heteroatoms. The predicted molar refractivity (Wildman–Crippen MR) is 92.5 cm³/mol. The molecule has 0 amide bonds. The second-order valence-corrected chi connectivity index (χ2v) is 6.51. The first-order valence-electron chi connectivity index (χ1n) is 8.42. The molecule has 1 atom stereocenters. The van der Waals surface area contributed by atoms with Crippen LogP contribution in [0.3, 0.4) is 0 Å². The highest BCUT2D eigenvalue weighted by atomic mass is 15.4. The van der Waals surface area contributed by atoms with Crippen LogP contribution in [-0.2, 0) is 19.5 Å². The molecule has 4 rings (SSSR count). The van der Waals surface area contributed by atoms with E-state index in [1.165, 1.54) is 16.7 Å². The molecule has 124 valence electrons. The number of nitrogens with one attached hydrogen (secondary N) is 2. The molecule has 1 aromatic carbocycles. The van der Waals surface area contributed by atoms with Gasteiger partial charge in [-0.1, -0.05) is 29.8 Å². The Balaban J connectivity index is 1.44. The van der Waals surface area contributed by atoms with Gasteiger partial charge < -0.3 is 5.32 Å². The number of aryl methyl sites for hydroxylation is 3. The van der Waals surface area contributed by atoms with Gasteiger partial charge in [0.05, 0.1) is 18.4 Å². The molecule has 6 nitrogen and oxygen atoms in total. The van der Waals surface area contributed by atoms with Gasteiger partial charge in [-0.3, -0.25) is 5.10 Å². The Bertz CT molecular complexity index is 830. The van der Waals surface area contributed by atoms with Gasteiger partial charge in [0.25, 0.3) is 0 Å². The first-order chi connectivity index (χ1) is 11.7. The van der Waals surface area contributed by atoms with Gasteiger partial charge in [-0.05, 0) is 25.8 Å². The molecule has 0 saturated heterocycles. The van der Waals surface area contributed by atoms with E-state index in [2.05, 4.69) is 56.8 Å². The summed E-state index contributed by atoms with van der Waals surface area (Å²) in [7, 11) is 0. The van der Waals surface area contributed by atoms with E-state index in [1.54, 1.807) is 0 Å². The van der Waals surface area contributed by atoms with Crippen molar-refractivity contribution in [1.82, 2.24) is 30.3 Å². The van der Waals surface area contributed by atoms with Crippen LogP contribution in [0.15, 0.2) is 30.5 Å². The minimum atomic E-state index is 0.416. The van der Waals surface area contributed by atoms with Crippen molar-refractivity contribution >= 4 is 0 Å². The molecule has 0 spiro atoms. The van der Waals surface area contributed by atoms with Crippen LogP contribution in [0.5, 0.6) is 0 Å². The number of rotatable bonds is 4. The van der Waals surface area contributed by atoms with Crippen LogP contribution >= 0.6 is 0 Å². The van der Waals surface area contributed by atoms with Crippen LogP contribution in [0.1, 0.15) is 29.2 Å². The van der Waals surface area contributed by atoms with Gasteiger partial charge in [-0.25, -0.2) is 9.67 Å². The smallest absolute Gasteiger partial charge is 0.147 e. The molecule has 3 heterocycles. The Morgan fingerprint density at radius 3 is 2.92 bits per heavy atom. The molecule has 0 saturated carbocycles. The van der Waals surface area contributed by atoms with E-state index in [-0.39, 0.29) is 0 Å². The first-order valence-corrected chi connectivity index (χ1v) is 8.42. The number of aromatic amines is 1. The fourth-order valence-corrected chi connectivity index (χ4v) is 3.27. The number of fused-ring (bicyclic) bond motifs is 1. The minimum Gasteiger partial charge on any atom is -0.308 e. The van der Waals surface area contributed by atoms with E-state index in [0.29, 0.717) is 6.04 Å². The van der Waals surface area contributed by atoms with E-state index in [0.717, 1.165) is 43.3 Å². The van der Waals surface area contributed by atoms with Crippen molar-refractivity contribution in [2.75, 3.05) is 0 Å². The third-order valence-electron chi connectivity index (χ3n) is 4.60. The lowest BCUT2D eigenvalue weighted by Crippen LogP contribution is -2.37. The highest BCUT2D eigenvalue weighted by Gasteiger charge is 2.21. The van der Waals surface area contributed by atoms with Gasteiger partial charge in [-0.15, -0.1) is 0 Å². The van der Waals surface area contributed by atoms with Crippen molar-refractivity contribution in [2.45, 2.75) is 45.8 Å². The Labute approximate surface area is 141 Å². The molecule has 1 aliphatic heterocycles. The molecule has 0 fully saturated rings. The van der Waals surface area contributed by atoms with E-state index in [9.17, 15) is 0 Å². The normalized spacial score (nSPS) is 17.0. The van der Waals surface area contributed by atoms with Crippen molar-refractivity contribution in [3.63, 3.8) is 0 Å². The van der Waals surface area contributed by atoms with Crippen molar-refractivity contribution in [3.8, 4) is 11.3 Å². The summed E-state index contributed by atoms with van der Waals surface area (Å²) in [4.78, 5) is 4.47. The monoisotopic (exact) mass is 322 g/mol. The van der Waals surface area contributed by atoms with Gasteiger partial charge in [0.2, 0.25) is 0 Å². The highest BCUT2D eigenvalue weighted by molar-refractivity contribution is 5.62. The quantitative estimate of drug-likeness (QED) is 0.774. The SMILES string of the molecule is Cc1ccc(-c2[nH]ncc2CNC2CCc3nc(C)nn3C2)cc1. The summed E-state index contributed by atoms with van der Waals surface area (Å²) in [6.07, 6.45) is 3.99. The number of nitrogens with zero attached hydrogens (tertiary/aromatic N) is 4. The Morgan fingerprint density at radius 2 is 2.08 bits per heavy atom. The van der Waals surface area contributed by atoms with Crippen molar-refractivity contribution < 1.29 is 0 Å². The summed E-state index contributed by atoms with van der Waals surface area (Å²) in [6, 6.07) is 8.94. The van der Waals surface area contributed by atoms with Gasteiger partial charge in [-0.2, -0.15) is 10.2 Å². The number of H-pyrrole nitrogens is 1. The number of aromatic nitrogens is 5. The fourth-order valence-electron chi connectivity index (χ4n) is 3.27. The minimum absolute atomic E-state index is 0.416. The maximum Gasteiger partial charge on any atom is 0.147 e. The summed E-state index contributed by atoms with van der Waals surface area (Å²) in [5, 5.41) is 15.5. The van der Waals surface area contributed by atoms with Crippen LogP contribution in [0.4, 0.5) is 0 Å². The summed E-state index contributed by atoms with van der Waals surface area (Å²) < 4.78 is 2.03. The van der Waals surface area contributed by atoms with Crippen LogP contribution < -0.4 is 5.32 Å². The van der Waals surface area contributed by atoms with Crippen molar-refractivity contribution in [2.24, 2.45) is 0 Å². The van der Waals surface area contributed by atoms with Crippen LogP contribution in [-0.4, -0.2) is 31.0 Å². The molecule has 0 aliphatic carbocycles. The van der Waals surface area contributed by atoms with Gasteiger partial charge in [0.15, 0.2) is 0 Å². The zero-order chi connectivity index (χ0) is 16.5. The molecule has 1 aliphatic rings. The zero-order valence-corrected chi connectivity index (χ0v) is 14.1. The van der Waals surface area contributed by atoms with Crippen LogP contribution in [0.25, 0.3) is 11.3 Å². The van der Waals surface area contributed by atoms with E-state index >= 15 is 0 Å². The number of hydrogen-bond acceptors (Lipinski definition) is 4. The lowest BCUT2D eigenvalue weighted by Gasteiger charge is -2.23. The van der Waals surface area contributed by atoms with Crippen LogP contribution in [0.2, 0.25) is 0 Å². The van der Waals surface area contributed by atoms with Gasteiger partial charge >= 0.3 is 0 Å². The van der Waals surface area contributed by atoms with E-state index in [4.69, 9.17) is 0 Å². The summed E-state index contributed by atoms with van der Waals surface area (Å²) in [5.74, 6) is 1.97. The Morgan fingerprint density at radius 1 is 1.25 bits per heavy atom. The topological polar surface area (TPSA) is 71.4 Å². The average molecular weight is 322 g/mol. The lowest BCUT2D eigenvalue weighted by atomic mass is 10.0. The number of hydrogen-bond donors (Lipinski definition) is 2. The summed E-state index contributed by atoms with van der Waals surface area (Å²) >= 11 is 0. The third kappa shape index (κ3) is 2.97. The summed E-state index contributed by atoms with van der Waals surface area (Å²) in [5.41, 5.74) is 4.72. The molecule has 1 unspecified atom stereocenters. The maximum atomic E-state index is 4.47. The Kier molecular flexibility index (Phi) is 3.90. The van der Waals surface area contributed by atoms with Crippen LogP contribution in [0, 0.1) is 13.8 Å². The average Bonchev–Trinajstić information content (AvgIpc) is 3.18. The first kappa shape index (κ1) is 15.1.